The van der Waals surface area contributed by atoms with E-state index in [1.54, 1.807) is 0 Å². The van der Waals surface area contributed by atoms with Crippen LogP contribution in [-0.2, 0) is 9.53 Å². The first-order chi connectivity index (χ1) is 8.40. The van der Waals surface area contributed by atoms with Gasteiger partial charge in [-0.25, -0.2) is 0 Å². The molecule has 1 rings (SSSR count). The lowest BCUT2D eigenvalue weighted by molar-refractivity contribution is -0.119. The summed E-state index contributed by atoms with van der Waals surface area (Å²) in [5.74, 6) is 0.558. The fourth-order valence-corrected chi connectivity index (χ4v) is 1.81. The highest BCUT2D eigenvalue weighted by Crippen LogP contribution is 2.35. The number of carbonyl (C=O) groups excluding carboxylic acids is 1. The van der Waals surface area contributed by atoms with E-state index >= 15 is 0 Å². The van der Waals surface area contributed by atoms with Crippen molar-refractivity contribution in [2.24, 2.45) is 5.41 Å². The summed E-state index contributed by atoms with van der Waals surface area (Å²) < 4.78 is 5.20. The third kappa shape index (κ3) is 3.45. The summed E-state index contributed by atoms with van der Waals surface area (Å²) in [5.41, 5.74) is 1.79. The molecule has 0 heterocycles. The van der Waals surface area contributed by atoms with Gasteiger partial charge in [0.05, 0.1) is 0 Å². The smallest absolute Gasteiger partial charge is 0.188 e. The van der Waals surface area contributed by atoms with Crippen molar-refractivity contribution in [3.8, 4) is 0 Å². The Morgan fingerprint density at radius 2 is 2.06 bits per heavy atom. The van der Waals surface area contributed by atoms with Gasteiger partial charge in [0, 0.05) is 12.2 Å². The van der Waals surface area contributed by atoms with Crippen LogP contribution in [0, 0.1) is 5.41 Å². The molecule has 0 aromatic heterocycles. The maximum atomic E-state index is 12.0. The van der Waals surface area contributed by atoms with Gasteiger partial charge in [-0.1, -0.05) is 44.0 Å². The number of carbonyl (C=O) groups is 1. The van der Waals surface area contributed by atoms with Crippen molar-refractivity contribution < 1.29 is 9.53 Å². The van der Waals surface area contributed by atoms with Gasteiger partial charge in [-0.2, -0.15) is 0 Å². The molecule has 0 amide bonds. The van der Waals surface area contributed by atoms with Gasteiger partial charge in [-0.05, 0) is 24.8 Å². The van der Waals surface area contributed by atoms with Crippen LogP contribution < -0.4 is 0 Å². The molecule has 98 valence electrons. The van der Waals surface area contributed by atoms with Crippen molar-refractivity contribution >= 4 is 13.6 Å². The summed E-state index contributed by atoms with van der Waals surface area (Å²) in [7, 11) is 2.19. The van der Waals surface area contributed by atoms with E-state index in [1.807, 2.05) is 19.9 Å². The second-order valence-electron chi connectivity index (χ2n) is 5.34. The molecule has 1 aliphatic carbocycles. The Balaban J connectivity index is 2.95. The monoisotopic (exact) mass is 246 g/mol. The van der Waals surface area contributed by atoms with Crippen LogP contribution >= 0.6 is 0 Å². The number of ketones is 1. The lowest BCUT2D eigenvalue weighted by atomic mass is 9.67. The molecule has 0 aromatic rings. The molecule has 0 saturated heterocycles. The van der Waals surface area contributed by atoms with Gasteiger partial charge in [0.25, 0.3) is 0 Å². The third-order valence-corrected chi connectivity index (χ3v) is 3.71. The molecule has 2 nitrogen and oxygen atoms in total. The predicted molar refractivity (Wildman–Crippen MR) is 78.6 cm³/mol. The summed E-state index contributed by atoms with van der Waals surface area (Å²) in [4.78, 5) is 12.0. The van der Waals surface area contributed by atoms with Crippen molar-refractivity contribution in [3.05, 3.63) is 35.5 Å². The van der Waals surface area contributed by atoms with Crippen LogP contribution in [-0.4, -0.2) is 26.8 Å². The molecule has 0 bridgehead atoms. The summed E-state index contributed by atoms with van der Waals surface area (Å²) in [6, 6.07) is 0. The van der Waals surface area contributed by atoms with Gasteiger partial charge in [0.1, 0.15) is 14.5 Å². The van der Waals surface area contributed by atoms with Crippen LogP contribution in [0.1, 0.15) is 27.7 Å². The van der Waals surface area contributed by atoms with E-state index in [0.29, 0.717) is 12.4 Å². The molecule has 2 atom stereocenters. The Morgan fingerprint density at radius 1 is 1.44 bits per heavy atom. The Bertz CT molecular complexity index is 405. The Hall–Kier alpha value is -1.09. The molecule has 2 unspecified atom stereocenters. The fourth-order valence-electron chi connectivity index (χ4n) is 1.81. The Morgan fingerprint density at radius 3 is 2.61 bits per heavy atom. The summed E-state index contributed by atoms with van der Waals surface area (Å²) in [6.07, 6.45) is 8.32. The first-order valence-electron chi connectivity index (χ1n) is 6.61. The predicted octanol–water partition coefficient (Wildman–Crippen LogP) is 2.48. The molecule has 0 aromatic carbocycles. The minimum absolute atomic E-state index is 0.00883. The fraction of sp³-hybridized carbons (Fsp3) is 0.533. The minimum atomic E-state index is 0.00883. The highest BCUT2D eigenvalue weighted by molar-refractivity contribution is 6.12. The molecule has 1 aliphatic rings. The summed E-state index contributed by atoms with van der Waals surface area (Å²) in [5, 5.41) is 0. The molecule has 0 spiro atoms. The molecule has 0 radical (unpaired) electrons. The van der Waals surface area contributed by atoms with E-state index in [-0.39, 0.29) is 17.8 Å². The number of allylic oxidation sites excluding steroid dienone is 5. The van der Waals surface area contributed by atoms with Crippen molar-refractivity contribution in [1.29, 1.82) is 0 Å². The van der Waals surface area contributed by atoms with Crippen molar-refractivity contribution in [2.45, 2.75) is 33.5 Å². The standard InChI is InChI=1S/C15H23BO2/c1-5-18-10-14(17)13-7-9-15(4,12(3)16)8-6-11(13)2/h6-9,12H,5,10,16H2,1-4H3. The van der Waals surface area contributed by atoms with Crippen LogP contribution in [0.4, 0.5) is 0 Å². The minimum Gasteiger partial charge on any atom is -0.374 e. The molecule has 0 fully saturated rings. The van der Waals surface area contributed by atoms with Gasteiger partial charge >= 0.3 is 0 Å². The number of ether oxygens (including phenoxy) is 1. The van der Waals surface area contributed by atoms with E-state index in [4.69, 9.17) is 4.74 Å². The molecule has 0 saturated carbocycles. The zero-order chi connectivity index (χ0) is 13.8. The number of hydrogen-bond donors (Lipinski definition) is 0. The SMILES string of the molecule is BC(C)C1(C)C=CC(C)=C(C(=O)COCC)C=C1. The normalized spacial score (nSPS) is 25.1. The Kier molecular flexibility index (Phi) is 5.15. The van der Waals surface area contributed by atoms with Gasteiger partial charge < -0.3 is 4.74 Å². The third-order valence-electron chi connectivity index (χ3n) is 3.71. The van der Waals surface area contributed by atoms with Gasteiger partial charge in [-0.15, -0.1) is 0 Å². The second-order valence-corrected chi connectivity index (χ2v) is 5.34. The molecular weight excluding hydrogens is 223 g/mol. The first-order valence-corrected chi connectivity index (χ1v) is 6.61. The van der Waals surface area contributed by atoms with Crippen LogP contribution in [0.5, 0.6) is 0 Å². The highest BCUT2D eigenvalue weighted by atomic mass is 16.5. The van der Waals surface area contributed by atoms with E-state index in [0.717, 1.165) is 11.1 Å². The zero-order valence-electron chi connectivity index (χ0n) is 12.1. The lowest BCUT2D eigenvalue weighted by Crippen LogP contribution is -2.15. The van der Waals surface area contributed by atoms with Gasteiger partial charge in [0.2, 0.25) is 0 Å². The summed E-state index contributed by atoms with van der Waals surface area (Å²) in [6.45, 7) is 8.99. The van der Waals surface area contributed by atoms with E-state index in [9.17, 15) is 4.79 Å². The van der Waals surface area contributed by atoms with E-state index < -0.39 is 0 Å². The molecule has 3 heteroatoms. The van der Waals surface area contributed by atoms with Crippen LogP contribution in [0.2, 0.25) is 5.82 Å². The van der Waals surface area contributed by atoms with E-state index in [1.165, 1.54) is 0 Å². The topological polar surface area (TPSA) is 26.3 Å². The molecule has 18 heavy (non-hydrogen) atoms. The molecular formula is C15H23BO2. The number of hydrogen-bond acceptors (Lipinski definition) is 2. The van der Waals surface area contributed by atoms with Gasteiger partial charge in [-0.3, -0.25) is 4.79 Å². The van der Waals surface area contributed by atoms with Crippen LogP contribution in [0.3, 0.4) is 0 Å². The lowest BCUT2D eigenvalue weighted by Gasteiger charge is -2.26. The maximum absolute atomic E-state index is 12.0. The van der Waals surface area contributed by atoms with Crippen LogP contribution in [0.15, 0.2) is 35.5 Å². The summed E-state index contributed by atoms with van der Waals surface area (Å²) >= 11 is 0. The number of Topliss-reactive ketones (excluding diaryl/α,β-unsaturated/α-hetero) is 1. The van der Waals surface area contributed by atoms with Crippen molar-refractivity contribution in [2.75, 3.05) is 13.2 Å². The molecule has 0 N–H and O–H groups in total. The molecule has 0 aliphatic heterocycles. The van der Waals surface area contributed by atoms with E-state index in [2.05, 4.69) is 39.9 Å². The van der Waals surface area contributed by atoms with Gasteiger partial charge in [0.15, 0.2) is 5.78 Å². The highest BCUT2D eigenvalue weighted by Gasteiger charge is 2.24. The Labute approximate surface area is 111 Å². The largest absolute Gasteiger partial charge is 0.374 e. The average Bonchev–Trinajstić information content (AvgIpc) is 2.48. The van der Waals surface area contributed by atoms with Crippen molar-refractivity contribution in [1.82, 2.24) is 0 Å². The average molecular weight is 246 g/mol. The van der Waals surface area contributed by atoms with Crippen LogP contribution in [0.25, 0.3) is 0 Å². The second kappa shape index (κ2) is 6.19. The quantitative estimate of drug-likeness (QED) is 0.696. The zero-order valence-corrected chi connectivity index (χ0v) is 12.1. The number of rotatable bonds is 5. The van der Waals surface area contributed by atoms with Crippen molar-refractivity contribution in [3.63, 3.8) is 0 Å². The maximum Gasteiger partial charge on any atom is 0.188 e. The first kappa shape index (κ1) is 15.0.